The summed E-state index contributed by atoms with van der Waals surface area (Å²) in [7, 11) is 3.11. The van der Waals surface area contributed by atoms with Gasteiger partial charge in [0.25, 0.3) is 5.91 Å². The number of halogens is 1. The number of aromatic nitrogens is 2. The van der Waals surface area contributed by atoms with E-state index < -0.39 is 5.54 Å². The summed E-state index contributed by atoms with van der Waals surface area (Å²) in [5.41, 5.74) is 1.27. The lowest BCUT2D eigenvalue weighted by atomic mass is 9.96. The van der Waals surface area contributed by atoms with Crippen molar-refractivity contribution in [3.05, 3.63) is 46.7 Å². The predicted octanol–water partition coefficient (Wildman–Crippen LogP) is 3.24. The third kappa shape index (κ3) is 3.90. The van der Waals surface area contributed by atoms with Crippen LogP contribution in [0.15, 0.2) is 30.6 Å². The summed E-state index contributed by atoms with van der Waals surface area (Å²) in [6.07, 6.45) is 3.13. The van der Waals surface area contributed by atoms with Gasteiger partial charge in [-0.25, -0.2) is 4.98 Å². The molecule has 0 spiro atoms. The second-order valence-electron chi connectivity index (χ2n) is 7.63. The van der Waals surface area contributed by atoms with E-state index in [2.05, 4.69) is 20.6 Å². The van der Waals surface area contributed by atoms with E-state index in [0.29, 0.717) is 52.5 Å². The number of ether oxygens (including phenoxy) is 3. The number of amides is 1. The van der Waals surface area contributed by atoms with Gasteiger partial charge in [0.1, 0.15) is 23.5 Å². The average Bonchev–Trinajstić information content (AvgIpc) is 3.19. The fourth-order valence-corrected chi connectivity index (χ4v) is 3.90. The van der Waals surface area contributed by atoms with Crippen LogP contribution in [-0.4, -0.2) is 61.2 Å². The number of nitrogens with one attached hydrogen (secondary N) is 3. The molecule has 9 nitrogen and oxygen atoms in total. The van der Waals surface area contributed by atoms with E-state index in [0.717, 1.165) is 0 Å². The van der Waals surface area contributed by atoms with E-state index >= 15 is 0 Å². The third-order valence-corrected chi connectivity index (χ3v) is 5.58. The number of anilines is 2. The molecule has 3 heterocycles. The Bertz CT molecular complexity index is 1190. The number of methoxy groups -OCH3 is 2. The minimum absolute atomic E-state index is 0.145. The zero-order chi connectivity index (χ0) is 22.9. The van der Waals surface area contributed by atoms with Crippen LogP contribution >= 0.6 is 11.6 Å². The Morgan fingerprint density at radius 1 is 1.19 bits per heavy atom. The molecule has 32 heavy (non-hydrogen) atoms. The molecule has 0 radical (unpaired) electrons. The van der Waals surface area contributed by atoms with Gasteiger partial charge in [0.05, 0.1) is 46.8 Å². The summed E-state index contributed by atoms with van der Waals surface area (Å²) in [5, 5.41) is 6.91. The van der Waals surface area contributed by atoms with Gasteiger partial charge in [0.2, 0.25) is 0 Å². The molecule has 1 aliphatic heterocycles. The number of fused-ring (bicyclic) bond motifs is 3. The Kier molecular flexibility index (Phi) is 6.05. The van der Waals surface area contributed by atoms with Crippen molar-refractivity contribution in [1.29, 1.82) is 0 Å². The molecule has 0 bridgehead atoms. The first-order valence-electron chi connectivity index (χ1n) is 9.92. The first-order chi connectivity index (χ1) is 15.4. The van der Waals surface area contributed by atoms with Gasteiger partial charge in [0, 0.05) is 26.0 Å². The number of H-pyrrole nitrogens is 1. The third-order valence-electron chi connectivity index (χ3n) is 5.27. The van der Waals surface area contributed by atoms with E-state index in [-0.39, 0.29) is 23.3 Å². The van der Waals surface area contributed by atoms with Crippen LogP contribution in [0.1, 0.15) is 22.8 Å². The highest BCUT2D eigenvalue weighted by molar-refractivity contribution is 6.36. The van der Waals surface area contributed by atoms with Crippen LogP contribution in [0, 0.1) is 0 Å². The molecule has 1 aliphatic rings. The quantitative estimate of drug-likeness (QED) is 0.350. The molecule has 0 saturated heterocycles. The van der Waals surface area contributed by atoms with Gasteiger partial charge < -0.3 is 29.8 Å². The normalized spacial score (nSPS) is 17.6. The second-order valence-corrected chi connectivity index (χ2v) is 8.04. The summed E-state index contributed by atoms with van der Waals surface area (Å²) < 4.78 is 15.7. The number of carbonyl (C=O) groups is 2. The van der Waals surface area contributed by atoms with E-state index in [4.69, 9.17) is 25.8 Å². The van der Waals surface area contributed by atoms with Crippen molar-refractivity contribution in [3.8, 4) is 5.75 Å². The molecule has 1 amide bonds. The maximum absolute atomic E-state index is 13.4. The smallest absolute Gasteiger partial charge is 0.252 e. The zero-order valence-corrected chi connectivity index (χ0v) is 18.6. The van der Waals surface area contributed by atoms with Gasteiger partial charge in [-0.2, -0.15) is 0 Å². The summed E-state index contributed by atoms with van der Waals surface area (Å²) in [6.45, 7) is 2.69. The van der Waals surface area contributed by atoms with E-state index in [1.165, 1.54) is 7.11 Å². The Balaban J connectivity index is 1.73. The van der Waals surface area contributed by atoms with Gasteiger partial charge in [-0.3, -0.25) is 9.59 Å². The van der Waals surface area contributed by atoms with E-state index in [9.17, 15) is 9.59 Å². The summed E-state index contributed by atoms with van der Waals surface area (Å²) >= 11 is 6.41. The van der Waals surface area contributed by atoms with Crippen LogP contribution in [0.2, 0.25) is 5.02 Å². The Morgan fingerprint density at radius 2 is 2.00 bits per heavy atom. The number of hydrogen-bond acceptors (Lipinski definition) is 7. The van der Waals surface area contributed by atoms with Crippen LogP contribution in [0.5, 0.6) is 5.75 Å². The fourth-order valence-electron chi connectivity index (χ4n) is 3.64. The largest absolute Gasteiger partial charge is 0.491 e. The van der Waals surface area contributed by atoms with Gasteiger partial charge in [-0.1, -0.05) is 11.6 Å². The lowest BCUT2D eigenvalue weighted by Gasteiger charge is -2.35. The zero-order valence-electron chi connectivity index (χ0n) is 17.9. The standard InChI is InChI=1S/C22H23ClN4O5/c1-22(11-31-3)21(29)26-16-10-25-20-17(18(16)27-22)14(9-24-20)19(28)13-5-4-12(8-15(13)23)32-7-6-30-2/h4-5,8-10,27H,6-7,11H2,1-3H3,(H,24,25)(H,26,29)/t22-/m0/s1. The van der Waals surface area contributed by atoms with Crippen molar-refractivity contribution < 1.29 is 23.8 Å². The van der Waals surface area contributed by atoms with E-state index in [1.54, 1.807) is 44.6 Å². The number of hydrogen-bond donors (Lipinski definition) is 3. The van der Waals surface area contributed by atoms with Gasteiger partial charge in [-0.05, 0) is 25.1 Å². The molecule has 0 fully saturated rings. The number of rotatable bonds is 8. The van der Waals surface area contributed by atoms with Gasteiger partial charge >= 0.3 is 0 Å². The molecule has 1 aromatic carbocycles. The molecule has 0 aliphatic carbocycles. The molecule has 0 unspecified atom stereocenters. The Hall–Kier alpha value is -3.14. The van der Waals surface area contributed by atoms with Crippen molar-refractivity contribution in [2.24, 2.45) is 0 Å². The lowest BCUT2D eigenvalue weighted by Crippen LogP contribution is -2.53. The molecule has 3 N–H and O–H groups in total. The Morgan fingerprint density at radius 3 is 2.72 bits per heavy atom. The van der Waals surface area contributed by atoms with E-state index in [1.807, 2.05) is 0 Å². The van der Waals surface area contributed by atoms with Crippen LogP contribution in [-0.2, 0) is 14.3 Å². The van der Waals surface area contributed by atoms with Crippen molar-refractivity contribution in [1.82, 2.24) is 9.97 Å². The SMILES string of the molecule is COCCOc1ccc(C(=O)c2c[nH]c3ncc4c(c23)N[C@@](C)(COC)C(=O)N4)c(Cl)c1. The van der Waals surface area contributed by atoms with Gasteiger partial charge in [0.15, 0.2) is 5.78 Å². The molecule has 4 rings (SSSR count). The van der Waals surface area contributed by atoms with Crippen LogP contribution < -0.4 is 15.4 Å². The number of nitrogens with zero attached hydrogens (tertiary/aromatic N) is 1. The number of aromatic amines is 1. The lowest BCUT2D eigenvalue weighted by molar-refractivity contribution is -0.121. The van der Waals surface area contributed by atoms with Crippen LogP contribution in [0.3, 0.4) is 0 Å². The Labute approximate surface area is 189 Å². The molecule has 0 saturated carbocycles. The van der Waals surface area contributed by atoms with Crippen molar-refractivity contribution in [2.75, 3.05) is 44.7 Å². The molecular weight excluding hydrogens is 436 g/mol. The summed E-state index contributed by atoms with van der Waals surface area (Å²) in [6, 6.07) is 4.91. The minimum atomic E-state index is -1.01. The highest BCUT2D eigenvalue weighted by Gasteiger charge is 2.39. The predicted molar refractivity (Wildman–Crippen MR) is 121 cm³/mol. The first kappa shape index (κ1) is 22.1. The number of ketones is 1. The summed E-state index contributed by atoms with van der Waals surface area (Å²) in [5.74, 6) is 0.0110. The maximum Gasteiger partial charge on any atom is 0.252 e. The number of pyridine rings is 1. The topological polar surface area (TPSA) is 115 Å². The molecule has 168 valence electrons. The number of benzene rings is 1. The van der Waals surface area contributed by atoms with Crippen molar-refractivity contribution in [3.63, 3.8) is 0 Å². The first-order valence-corrected chi connectivity index (χ1v) is 10.3. The summed E-state index contributed by atoms with van der Waals surface area (Å²) in [4.78, 5) is 33.3. The highest BCUT2D eigenvalue weighted by atomic mass is 35.5. The molecular formula is C22H23ClN4O5. The maximum atomic E-state index is 13.4. The molecule has 1 atom stereocenters. The average molecular weight is 459 g/mol. The second kappa shape index (κ2) is 8.78. The fraction of sp³-hybridized carbons (Fsp3) is 0.318. The van der Waals surface area contributed by atoms with Crippen molar-refractivity contribution in [2.45, 2.75) is 12.5 Å². The molecule has 2 aromatic heterocycles. The molecule has 3 aromatic rings. The van der Waals surface area contributed by atoms with Crippen LogP contribution in [0.4, 0.5) is 11.4 Å². The molecule has 10 heteroatoms. The highest BCUT2D eigenvalue weighted by Crippen LogP contribution is 2.39. The minimum Gasteiger partial charge on any atom is -0.491 e. The number of carbonyl (C=O) groups excluding carboxylic acids is 2. The monoisotopic (exact) mass is 458 g/mol. The van der Waals surface area contributed by atoms with Gasteiger partial charge in [-0.15, -0.1) is 0 Å². The van der Waals surface area contributed by atoms with Crippen molar-refractivity contribution >= 4 is 45.7 Å². The van der Waals surface area contributed by atoms with Crippen LogP contribution in [0.25, 0.3) is 11.0 Å².